The average Bonchev–Trinajstić information content (AvgIpc) is 2.33. The van der Waals surface area contributed by atoms with Crippen molar-refractivity contribution in [1.29, 1.82) is 0 Å². The van der Waals surface area contributed by atoms with Gasteiger partial charge >= 0.3 is 0 Å². The van der Waals surface area contributed by atoms with Gasteiger partial charge < -0.3 is 15.4 Å². The topological polar surface area (TPSA) is 63.2 Å². The van der Waals surface area contributed by atoms with Crippen LogP contribution in [0.1, 0.15) is 18.2 Å². The van der Waals surface area contributed by atoms with Crippen LogP contribution < -0.4 is 10.6 Å². The third-order valence-corrected chi connectivity index (χ3v) is 3.12. The van der Waals surface area contributed by atoms with Gasteiger partial charge in [-0.3, -0.25) is 9.78 Å². The molecule has 2 rings (SSSR count). The summed E-state index contributed by atoms with van der Waals surface area (Å²) in [6, 6.07) is 3.86. The summed E-state index contributed by atoms with van der Waals surface area (Å²) in [6.07, 6.45) is 1.73. The molecule has 1 fully saturated rings. The fourth-order valence-electron chi connectivity index (χ4n) is 1.76. The Balaban J connectivity index is 1.73. The second kappa shape index (κ2) is 5.46. The fourth-order valence-corrected chi connectivity index (χ4v) is 1.76. The molecule has 0 aromatic carbocycles. The highest BCUT2D eigenvalue weighted by Crippen LogP contribution is 2.14. The Labute approximate surface area is 107 Å². The zero-order chi connectivity index (χ0) is 13.0. The van der Waals surface area contributed by atoms with Crippen LogP contribution in [0.15, 0.2) is 18.3 Å². The molecular formula is C13H19N3O2. The Hall–Kier alpha value is -1.46. The molecule has 5 heteroatoms. The van der Waals surface area contributed by atoms with Crippen LogP contribution in [0.25, 0.3) is 0 Å². The Morgan fingerprint density at radius 3 is 3.00 bits per heavy atom. The van der Waals surface area contributed by atoms with Crippen LogP contribution in [-0.4, -0.2) is 36.2 Å². The number of pyridine rings is 1. The molecule has 2 N–H and O–H groups in total. The number of aryl methyl sites for hydroxylation is 1. The van der Waals surface area contributed by atoms with E-state index in [2.05, 4.69) is 15.6 Å². The van der Waals surface area contributed by atoms with E-state index in [0.717, 1.165) is 24.3 Å². The number of rotatable bonds is 5. The van der Waals surface area contributed by atoms with E-state index >= 15 is 0 Å². The molecule has 1 aliphatic rings. The standard InChI is InChI=1S/C13H19N3O2/c1-10-4-3-5-15-11(10)6-16-12(17)7-18-13(2)8-14-9-13/h3-5,14H,6-9H2,1-2H3,(H,16,17). The van der Waals surface area contributed by atoms with Gasteiger partial charge in [0, 0.05) is 19.3 Å². The highest BCUT2D eigenvalue weighted by Gasteiger charge is 2.32. The first-order chi connectivity index (χ1) is 8.59. The molecule has 0 atom stereocenters. The van der Waals surface area contributed by atoms with Gasteiger partial charge in [-0.2, -0.15) is 0 Å². The SMILES string of the molecule is Cc1cccnc1CNC(=O)COC1(C)CNC1. The van der Waals surface area contributed by atoms with Crippen molar-refractivity contribution in [3.05, 3.63) is 29.6 Å². The average molecular weight is 249 g/mol. The Kier molecular flexibility index (Phi) is 3.93. The molecule has 1 aliphatic heterocycles. The monoisotopic (exact) mass is 249 g/mol. The lowest BCUT2D eigenvalue weighted by Gasteiger charge is -2.38. The molecule has 2 heterocycles. The molecular weight excluding hydrogens is 230 g/mol. The van der Waals surface area contributed by atoms with Crippen LogP contribution in [0.4, 0.5) is 0 Å². The largest absolute Gasteiger partial charge is 0.363 e. The van der Waals surface area contributed by atoms with Crippen LogP contribution in [0.5, 0.6) is 0 Å². The number of nitrogens with zero attached hydrogens (tertiary/aromatic N) is 1. The molecule has 1 saturated heterocycles. The Morgan fingerprint density at radius 1 is 1.61 bits per heavy atom. The maximum Gasteiger partial charge on any atom is 0.246 e. The minimum Gasteiger partial charge on any atom is -0.363 e. The smallest absolute Gasteiger partial charge is 0.246 e. The minimum absolute atomic E-state index is 0.101. The number of aromatic nitrogens is 1. The number of carbonyl (C=O) groups excluding carboxylic acids is 1. The highest BCUT2D eigenvalue weighted by atomic mass is 16.5. The van der Waals surface area contributed by atoms with E-state index < -0.39 is 0 Å². The lowest BCUT2D eigenvalue weighted by Crippen LogP contribution is -2.59. The number of nitrogens with one attached hydrogen (secondary N) is 2. The first-order valence-corrected chi connectivity index (χ1v) is 6.11. The summed E-state index contributed by atoms with van der Waals surface area (Å²) in [5, 5.41) is 5.94. The summed E-state index contributed by atoms with van der Waals surface area (Å²) in [5.74, 6) is -0.104. The van der Waals surface area contributed by atoms with Gasteiger partial charge in [-0.25, -0.2) is 0 Å². The lowest BCUT2D eigenvalue weighted by molar-refractivity contribution is -0.136. The van der Waals surface area contributed by atoms with Gasteiger partial charge in [0.25, 0.3) is 0 Å². The van der Waals surface area contributed by atoms with Crippen LogP contribution in [-0.2, 0) is 16.1 Å². The Bertz CT molecular complexity index is 430. The fraction of sp³-hybridized carbons (Fsp3) is 0.538. The minimum atomic E-state index is -0.182. The van der Waals surface area contributed by atoms with Gasteiger partial charge in [-0.05, 0) is 25.5 Å². The molecule has 98 valence electrons. The summed E-state index contributed by atoms with van der Waals surface area (Å²) < 4.78 is 5.55. The first kappa shape index (κ1) is 13.0. The van der Waals surface area contributed by atoms with Crippen LogP contribution in [0.2, 0.25) is 0 Å². The molecule has 5 nitrogen and oxygen atoms in total. The number of ether oxygens (including phenoxy) is 1. The van der Waals surface area contributed by atoms with Crippen molar-refractivity contribution in [2.45, 2.75) is 26.0 Å². The summed E-state index contributed by atoms with van der Waals surface area (Å²) in [6.45, 7) is 6.14. The van der Waals surface area contributed by atoms with Gasteiger partial charge in [-0.1, -0.05) is 6.07 Å². The van der Waals surface area contributed by atoms with E-state index in [-0.39, 0.29) is 18.1 Å². The van der Waals surface area contributed by atoms with Crippen molar-refractivity contribution < 1.29 is 9.53 Å². The highest BCUT2D eigenvalue weighted by molar-refractivity contribution is 5.77. The molecule has 1 aromatic rings. The van der Waals surface area contributed by atoms with Crippen LogP contribution in [0.3, 0.4) is 0 Å². The molecule has 0 unspecified atom stereocenters. The van der Waals surface area contributed by atoms with Crippen LogP contribution in [0, 0.1) is 6.92 Å². The van der Waals surface area contributed by atoms with E-state index in [4.69, 9.17) is 4.74 Å². The summed E-state index contributed by atoms with van der Waals surface area (Å²) in [5.41, 5.74) is 1.79. The summed E-state index contributed by atoms with van der Waals surface area (Å²) >= 11 is 0. The third-order valence-electron chi connectivity index (χ3n) is 3.12. The second-order valence-corrected chi connectivity index (χ2v) is 4.89. The van der Waals surface area contributed by atoms with Crippen molar-refractivity contribution in [2.75, 3.05) is 19.7 Å². The molecule has 0 saturated carbocycles. The molecule has 0 aliphatic carbocycles. The number of amides is 1. The van der Waals surface area contributed by atoms with Gasteiger partial charge in [0.15, 0.2) is 0 Å². The number of carbonyl (C=O) groups is 1. The first-order valence-electron chi connectivity index (χ1n) is 6.11. The quantitative estimate of drug-likeness (QED) is 0.792. The molecule has 0 bridgehead atoms. The van der Waals surface area contributed by atoms with Gasteiger partial charge in [-0.15, -0.1) is 0 Å². The maximum absolute atomic E-state index is 11.6. The van der Waals surface area contributed by atoms with Crippen molar-refractivity contribution >= 4 is 5.91 Å². The maximum atomic E-state index is 11.6. The Morgan fingerprint density at radius 2 is 2.39 bits per heavy atom. The van der Waals surface area contributed by atoms with Crippen molar-refractivity contribution in [3.63, 3.8) is 0 Å². The van der Waals surface area contributed by atoms with Crippen molar-refractivity contribution in [3.8, 4) is 0 Å². The molecule has 1 amide bonds. The molecule has 1 aromatic heterocycles. The normalized spacial score (nSPS) is 17.0. The van der Waals surface area contributed by atoms with Crippen LogP contribution >= 0.6 is 0 Å². The zero-order valence-electron chi connectivity index (χ0n) is 10.8. The van der Waals surface area contributed by atoms with Gasteiger partial charge in [0.2, 0.25) is 5.91 Å². The number of hydrogen-bond acceptors (Lipinski definition) is 4. The lowest BCUT2D eigenvalue weighted by atomic mass is 10.0. The van der Waals surface area contributed by atoms with E-state index in [1.165, 1.54) is 0 Å². The van der Waals surface area contributed by atoms with Crippen molar-refractivity contribution in [2.24, 2.45) is 0 Å². The van der Waals surface area contributed by atoms with Gasteiger partial charge in [0.05, 0.1) is 17.8 Å². The van der Waals surface area contributed by atoms with E-state index in [1.54, 1.807) is 6.20 Å². The predicted molar refractivity (Wildman–Crippen MR) is 68.0 cm³/mol. The summed E-state index contributed by atoms with van der Waals surface area (Å²) in [7, 11) is 0. The third kappa shape index (κ3) is 3.27. The van der Waals surface area contributed by atoms with Gasteiger partial charge in [0.1, 0.15) is 6.61 Å². The van der Waals surface area contributed by atoms with Crippen molar-refractivity contribution in [1.82, 2.24) is 15.6 Å². The number of hydrogen-bond donors (Lipinski definition) is 2. The molecule has 0 spiro atoms. The zero-order valence-corrected chi connectivity index (χ0v) is 10.8. The van der Waals surface area contributed by atoms with E-state index in [9.17, 15) is 4.79 Å². The predicted octanol–water partition coefficient (Wildman–Crippen LogP) is 0.385. The van der Waals surface area contributed by atoms with E-state index in [0.29, 0.717) is 6.54 Å². The molecule has 0 radical (unpaired) electrons. The molecule has 18 heavy (non-hydrogen) atoms. The summed E-state index contributed by atoms with van der Waals surface area (Å²) in [4.78, 5) is 15.9. The van der Waals surface area contributed by atoms with E-state index in [1.807, 2.05) is 26.0 Å². The second-order valence-electron chi connectivity index (χ2n) is 4.89.